The Morgan fingerprint density at radius 2 is 2.08 bits per heavy atom. The third-order valence-electron chi connectivity index (χ3n) is 3.55. The highest BCUT2D eigenvalue weighted by Gasteiger charge is 2.22. The van der Waals surface area contributed by atoms with E-state index >= 15 is 0 Å². The maximum absolute atomic E-state index is 12.9. The number of thiazole rings is 1. The van der Waals surface area contributed by atoms with Crippen molar-refractivity contribution in [3.05, 3.63) is 47.0 Å². The fraction of sp³-hybridized carbons (Fsp3) is 0.312. The summed E-state index contributed by atoms with van der Waals surface area (Å²) in [5, 5.41) is 4.81. The lowest BCUT2D eigenvalue weighted by Crippen LogP contribution is -2.30. The lowest BCUT2D eigenvalue weighted by molar-refractivity contribution is 0.0756. The molecule has 0 saturated carbocycles. The maximum atomic E-state index is 12.9. The van der Waals surface area contributed by atoms with Crippen molar-refractivity contribution in [2.45, 2.75) is 20.4 Å². The molecule has 24 heavy (non-hydrogen) atoms. The average molecular weight is 342 g/mol. The molecule has 3 aromatic rings. The summed E-state index contributed by atoms with van der Waals surface area (Å²) in [5.41, 5.74) is 1.71. The molecule has 0 aliphatic rings. The zero-order valence-electron chi connectivity index (χ0n) is 13.8. The van der Waals surface area contributed by atoms with E-state index in [9.17, 15) is 4.79 Å². The molecule has 0 saturated heterocycles. The first kappa shape index (κ1) is 16.3. The Balaban J connectivity index is 1.84. The third kappa shape index (κ3) is 3.33. The van der Waals surface area contributed by atoms with Crippen LogP contribution in [0, 0.1) is 6.92 Å². The van der Waals surface area contributed by atoms with Crippen LogP contribution < -0.4 is 0 Å². The van der Waals surface area contributed by atoms with Gasteiger partial charge in [-0.3, -0.25) is 9.48 Å². The number of aromatic nitrogens is 5. The van der Waals surface area contributed by atoms with Gasteiger partial charge >= 0.3 is 0 Å². The van der Waals surface area contributed by atoms with Gasteiger partial charge in [0, 0.05) is 44.3 Å². The highest BCUT2D eigenvalue weighted by atomic mass is 32.1. The average Bonchev–Trinajstić information content (AvgIpc) is 3.18. The number of hydrogen-bond acceptors (Lipinski definition) is 6. The number of carbonyl (C=O) groups excluding carboxylic acids is 1. The van der Waals surface area contributed by atoms with Gasteiger partial charge in [0.25, 0.3) is 5.91 Å². The van der Waals surface area contributed by atoms with Gasteiger partial charge in [-0.25, -0.2) is 15.0 Å². The van der Waals surface area contributed by atoms with Crippen LogP contribution in [0.5, 0.6) is 0 Å². The minimum absolute atomic E-state index is 0.0291. The second kappa shape index (κ2) is 6.88. The Morgan fingerprint density at radius 3 is 2.71 bits per heavy atom. The zero-order valence-corrected chi connectivity index (χ0v) is 14.6. The SMILES string of the molecule is CCN(Cc1cnn(C)c1)C(=O)c1sc(-c2ncccn2)nc1C. The number of amides is 1. The lowest BCUT2D eigenvalue weighted by Gasteiger charge is -2.19. The maximum Gasteiger partial charge on any atom is 0.266 e. The predicted octanol–water partition coefficient (Wildman–Crippen LogP) is 2.30. The second-order valence-corrected chi connectivity index (χ2v) is 6.35. The van der Waals surface area contributed by atoms with Gasteiger partial charge in [0.05, 0.1) is 11.9 Å². The van der Waals surface area contributed by atoms with Crippen molar-refractivity contribution >= 4 is 17.2 Å². The molecule has 0 spiro atoms. The van der Waals surface area contributed by atoms with Crippen molar-refractivity contribution in [3.63, 3.8) is 0 Å². The van der Waals surface area contributed by atoms with Crippen molar-refractivity contribution < 1.29 is 4.79 Å². The molecule has 0 bridgehead atoms. The molecular weight excluding hydrogens is 324 g/mol. The number of nitrogens with zero attached hydrogens (tertiary/aromatic N) is 6. The van der Waals surface area contributed by atoms with E-state index in [1.165, 1.54) is 11.3 Å². The highest BCUT2D eigenvalue weighted by molar-refractivity contribution is 7.17. The Hall–Kier alpha value is -2.61. The van der Waals surface area contributed by atoms with Crippen molar-refractivity contribution in [1.82, 2.24) is 29.6 Å². The van der Waals surface area contributed by atoms with Crippen LogP contribution in [-0.2, 0) is 13.6 Å². The van der Waals surface area contributed by atoms with Crippen LogP contribution in [-0.4, -0.2) is 42.1 Å². The normalized spacial score (nSPS) is 10.8. The molecule has 0 aliphatic heterocycles. The van der Waals surface area contributed by atoms with E-state index in [1.807, 2.05) is 27.1 Å². The van der Waals surface area contributed by atoms with Crippen LogP contribution in [0.15, 0.2) is 30.9 Å². The quantitative estimate of drug-likeness (QED) is 0.711. The van der Waals surface area contributed by atoms with E-state index in [4.69, 9.17) is 0 Å². The van der Waals surface area contributed by atoms with Gasteiger partial charge in [-0.05, 0) is 19.9 Å². The smallest absolute Gasteiger partial charge is 0.266 e. The highest BCUT2D eigenvalue weighted by Crippen LogP contribution is 2.26. The number of aryl methyl sites for hydroxylation is 2. The molecule has 0 fully saturated rings. The topological polar surface area (TPSA) is 76.8 Å². The van der Waals surface area contributed by atoms with Gasteiger partial charge in [0.1, 0.15) is 4.88 Å². The summed E-state index contributed by atoms with van der Waals surface area (Å²) in [4.78, 5) is 28.2. The first-order chi connectivity index (χ1) is 11.6. The molecule has 3 heterocycles. The molecule has 7 nitrogen and oxygen atoms in total. The summed E-state index contributed by atoms with van der Waals surface area (Å²) >= 11 is 1.33. The molecule has 0 radical (unpaired) electrons. The molecule has 1 amide bonds. The predicted molar refractivity (Wildman–Crippen MR) is 91.5 cm³/mol. The van der Waals surface area contributed by atoms with Crippen LogP contribution >= 0.6 is 11.3 Å². The Kier molecular flexibility index (Phi) is 4.66. The van der Waals surface area contributed by atoms with E-state index in [1.54, 1.807) is 34.2 Å². The van der Waals surface area contributed by atoms with E-state index in [-0.39, 0.29) is 5.91 Å². The summed E-state index contributed by atoms with van der Waals surface area (Å²) in [7, 11) is 1.86. The molecule has 0 aromatic carbocycles. The number of rotatable bonds is 5. The monoisotopic (exact) mass is 342 g/mol. The summed E-state index contributed by atoms with van der Waals surface area (Å²) in [6, 6.07) is 1.75. The lowest BCUT2D eigenvalue weighted by atomic mass is 10.3. The van der Waals surface area contributed by atoms with Crippen molar-refractivity contribution in [1.29, 1.82) is 0 Å². The number of carbonyl (C=O) groups is 1. The van der Waals surface area contributed by atoms with E-state index in [0.29, 0.717) is 34.5 Å². The van der Waals surface area contributed by atoms with Crippen LogP contribution in [0.2, 0.25) is 0 Å². The largest absolute Gasteiger partial charge is 0.334 e. The van der Waals surface area contributed by atoms with Gasteiger partial charge < -0.3 is 4.90 Å². The molecule has 0 N–H and O–H groups in total. The van der Waals surface area contributed by atoms with Gasteiger partial charge in [-0.2, -0.15) is 5.10 Å². The molecule has 0 atom stereocenters. The number of hydrogen-bond donors (Lipinski definition) is 0. The second-order valence-electron chi connectivity index (χ2n) is 5.35. The zero-order chi connectivity index (χ0) is 17.1. The van der Waals surface area contributed by atoms with Crippen molar-refractivity contribution in [2.24, 2.45) is 7.05 Å². The molecule has 124 valence electrons. The van der Waals surface area contributed by atoms with E-state index in [0.717, 1.165) is 5.56 Å². The molecular formula is C16H18N6OS. The van der Waals surface area contributed by atoms with Crippen molar-refractivity contribution in [3.8, 4) is 10.8 Å². The first-order valence-corrected chi connectivity index (χ1v) is 8.41. The molecule has 3 rings (SSSR count). The van der Waals surface area contributed by atoms with Crippen molar-refractivity contribution in [2.75, 3.05) is 6.54 Å². The molecule has 0 aliphatic carbocycles. The minimum Gasteiger partial charge on any atom is -0.334 e. The summed E-state index contributed by atoms with van der Waals surface area (Å²) < 4.78 is 1.73. The van der Waals surface area contributed by atoms with Crippen LogP contribution in [0.3, 0.4) is 0 Å². The Labute approximate surface area is 144 Å². The fourth-order valence-electron chi connectivity index (χ4n) is 2.34. The standard InChI is InChI=1S/C16H18N6OS/c1-4-22(10-12-8-19-21(3)9-12)16(23)13-11(2)20-15(24-13)14-17-6-5-7-18-14/h5-9H,4,10H2,1-3H3. The van der Waals surface area contributed by atoms with Gasteiger partial charge in [-0.15, -0.1) is 11.3 Å². The third-order valence-corrected chi connectivity index (χ3v) is 4.69. The van der Waals surface area contributed by atoms with Crippen LogP contribution in [0.1, 0.15) is 27.9 Å². The summed E-state index contributed by atoms with van der Waals surface area (Å²) in [6.07, 6.45) is 7.03. The fourth-order valence-corrected chi connectivity index (χ4v) is 3.33. The first-order valence-electron chi connectivity index (χ1n) is 7.60. The molecule has 0 unspecified atom stereocenters. The van der Waals surface area contributed by atoms with Gasteiger partial charge in [0.15, 0.2) is 10.8 Å². The molecule has 8 heteroatoms. The van der Waals surface area contributed by atoms with Gasteiger partial charge in [-0.1, -0.05) is 0 Å². The Bertz CT molecular complexity index is 841. The molecule has 3 aromatic heterocycles. The summed E-state index contributed by atoms with van der Waals surface area (Å²) in [6.45, 7) is 4.94. The minimum atomic E-state index is -0.0291. The van der Waals surface area contributed by atoms with Crippen LogP contribution in [0.25, 0.3) is 10.8 Å². The van der Waals surface area contributed by atoms with Crippen LogP contribution in [0.4, 0.5) is 0 Å². The summed E-state index contributed by atoms with van der Waals surface area (Å²) in [5.74, 6) is 0.512. The van der Waals surface area contributed by atoms with E-state index in [2.05, 4.69) is 20.1 Å². The Morgan fingerprint density at radius 1 is 1.33 bits per heavy atom. The van der Waals surface area contributed by atoms with E-state index < -0.39 is 0 Å². The van der Waals surface area contributed by atoms with Gasteiger partial charge in [0.2, 0.25) is 0 Å².